The first-order chi connectivity index (χ1) is 12.1. The van der Waals surface area contributed by atoms with Crippen LogP contribution in [0.25, 0.3) is 5.57 Å². The van der Waals surface area contributed by atoms with E-state index in [1.165, 1.54) is 6.08 Å². The van der Waals surface area contributed by atoms with Crippen molar-refractivity contribution in [2.45, 2.75) is 13.5 Å². The Morgan fingerprint density at radius 1 is 1.16 bits per heavy atom. The summed E-state index contributed by atoms with van der Waals surface area (Å²) in [6.45, 7) is 2.42. The van der Waals surface area contributed by atoms with E-state index in [9.17, 15) is 9.59 Å². The number of amides is 1. The Labute approximate surface area is 146 Å². The smallest absolute Gasteiger partial charge is 0.331 e. The molecule has 1 aliphatic heterocycles. The summed E-state index contributed by atoms with van der Waals surface area (Å²) in [5.74, 6) is -0.121. The van der Waals surface area contributed by atoms with Crippen molar-refractivity contribution in [1.29, 1.82) is 0 Å². The highest BCUT2D eigenvalue weighted by Gasteiger charge is 2.33. The molecule has 2 aromatic carbocycles. The van der Waals surface area contributed by atoms with Crippen LogP contribution in [0.3, 0.4) is 0 Å². The van der Waals surface area contributed by atoms with Crippen LogP contribution in [0.2, 0.25) is 0 Å². The average Bonchev–Trinajstić information content (AvgIpc) is 2.88. The van der Waals surface area contributed by atoms with Crippen LogP contribution in [0.5, 0.6) is 5.75 Å². The molecule has 1 aliphatic rings. The minimum Gasteiger partial charge on any atom is -0.497 e. The van der Waals surface area contributed by atoms with Crippen LogP contribution in [0.15, 0.2) is 54.6 Å². The van der Waals surface area contributed by atoms with Gasteiger partial charge in [0.1, 0.15) is 5.75 Å². The first-order valence-corrected chi connectivity index (χ1v) is 8.06. The molecule has 0 atom stereocenters. The molecule has 128 valence electrons. The highest BCUT2D eigenvalue weighted by atomic mass is 16.5. The van der Waals surface area contributed by atoms with Gasteiger partial charge in [-0.25, -0.2) is 4.79 Å². The molecule has 5 nitrogen and oxygen atoms in total. The van der Waals surface area contributed by atoms with Gasteiger partial charge in [0.15, 0.2) is 0 Å². The van der Waals surface area contributed by atoms with Gasteiger partial charge in [-0.1, -0.05) is 30.3 Å². The van der Waals surface area contributed by atoms with Crippen LogP contribution in [-0.2, 0) is 20.9 Å². The molecule has 0 fully saturated rings. The predicted molar refractivity (Wildman–Crippen MR) is 95.2 cm³/mol. The first-order valence-electron chi connectivity index (χ1n) is 8.06. The van der Waals surface area contributed by atoms with Crippen molar-refractivity contribution in [2.75, 3.05) is 18.6 Å². The van der Waals surface area contributed by atoms with Crippen LogP contribution in [0, 0.1) is 0 Å². The van der Waals surface area contributed by atoms with E-state index in [0.717, 1.165) is 11.3 Å². The molecule has 0 bridgehead atoms. The third kappa shape index (κ3) is 3.40. The van der Waals surface area contributed by atoms with Crippen LogP contribution in [0.4, 0.5) is 5.69 Å². The average molecular weight is 337 g/mol. The Kier molecular flexibility index (Phi) is 4.84. The fourth-order valence-electron chi connectivity index (χ4n) is 2.83. The molecule has 0 radical (unpaired) electrons. The van der Waals surface area contributed by atoms with Gasteiger partial charge in [-0.3, -0.25) is 4.79 Å². The van der Waals surface area contributed by atoms with Crippen LogP contribution in [0.1, 0.15) is 18.1 Å². The van der Waals surface area contributed by atoms with Crippen molar-refractivity contribution >= 4 is 23.1 Å². The zero-order valence-electron chi connectivity index (χ0n) is 14.2. The van der Waals surface area contributed by atoms with Gasteiger partial charge in [-0.2, -0.15) is 0 Å². The molecule has 0 aliphatic carbocycles. The van der Waals surface area contributed by atoms with E-state index >= 15 is 0 Å². The molecule has 0 N–H and O–H groups in total. The number of hydrogen-bond donors (Lipinski definition) is 0. The Bertz CT molecular complexity index is 827. The third-order valence-corrected chi connectivity index (χ3v) is 3.99. The number of fused-ring (bicyclic) bond motifs is 1. The summed E-state index contributed by atoms with van der Waals surface area (Å²) in [5.41, 5.74) is 2.76. The molecule has 1 amide bonds. The third-order valence-electron chi connectivity index (χ3n) is 3.99. The maximum Gasteiger partial charge on any atom is 0.331 e. The first kappa shape index (κ1) is 16.8. The van der Waals surface area contributed by atoms with Crippen molar-refractivity contribution < 1.29 is 19.1 Å². The van der Waals surface area contributed by atoms with Gasteiger partial charge in [0.05, 0.1) is 31.5 Å². The zero-order valence-corrected chi connectivity index (χ0v) is 14.2. The molecular weight excluding hydrogens is 318 g/mol. The summed E-state index contributed by atoms with van der Waals surface area (Å²) in [6, 6.07) is 15.1. The summed E-state index contributed by atoms with van der Waals surface area (Å²) in [4.78, 5) is 26.5. The van der Waals surface area contributed by atoms with Crippen molar-refractivity contribution in [2.24, 2.45) is 0 Å². The van der Waals surface area contributed by atoms with Gasteiger partial charge in [0, 0.05) is 11.6 Å². The number of anilines is 1. The molecule has 5 heteroatoms. The van der Waals surface area contributed by atoms with Gasteiger partial charge in [-0.05, 0) is 30.7 Å². The number of methoxy groups -OCH3 is 1. The normalized spacial score (nSPS) is 14.6. The second-order valence-electron chi connectivity index (χ2n) is 5.57. The summed E-state index contributed by atoms with van der Waals surface area (Å²) in [6.07, 6.45) is 1.26. The predicted octanol–water partition coefficient (Wildman–Crippen LogP) is 3.19. The van der Waals surface area contributed by atoms with Crippen molar-refractivity contribution in [3.63, 3.8) is 0 Å². The molecule has 25 heavy (non-hydrogen) atoms. The fourth-order valence-corrected chi connectivity index (χ4v) is 2.83. The van der Waals surface area contributed by atoms with Crippen molar-refractivity contribution in [3.05, 3.63) is 65.7 Å². The fraction of sp³-hybridized carbons (Fsp3) is 0.200. The van der Waals surface area contributed by atoms with E-state index in [2.05, 4.69) is 0 Å². The summed E-state index contributed by atoms with van der Waals surface area (Å²) < 4.78 is 10.2. The Morgan fingerprint density at radius 2 is 1.92 bits per heavy atom. The number of nitrogens with zero attached hydrogens (tertiary/aromatic N) is 1. The number of carbonyl (C=O) groups excluding carboxylic acids is 2. The van der Waals surface area contributed by atoms with Crippen molar-refractivity contribution in [1.82, 2.24) is 0 Å². The Balaban J connectivity index is 2.02. The van der Waals surface area contributed by atoms with Crippen LogP contribution < -0.4 is 9.64 Å². The van der Waals surface area contributed by atoms with Crippen LogP contribution in [-0.4, -0.2) is 25.6 Å². The van der Waals surface area contributed by atoms with Crippen LogP contribution >= 0.6 is 0 Å². The van der Waals surface area contributed by atoms with Gasteiger partial charge in [0.25, 0.3) is 5.91 Å². The topological polar surface area (TPSA) is 55.8 Å². The van der Waals surface area contributed by atoms with E-state index in [0.29, 0.717) is 23.4 Å². The molecule has 0 aromatic heterocycles. The number of esters is 1. The lowest BCUT2D eigenvalue weighted by Crippen LogP contribution is -2.25. The SMILES string of the molecule is CCOC(=O)C=C1C(=O)N(Cc2ccccc2)c2ccc(OC)cc21. The number of benzene rings is 2. The molecule has 3 rings (SSSR count). The number of hydrogen-bond acceptors (Lipinski definition) is 4. The lowest BCUT2D eigenvalue weighted by atomic mass is 10.1. The Morgan fingerprint density at radius 3 is 2.60 bits per heavy atom. The summed E-state index contributed by atoms with van der Waals surface area (Å²) in [5, 5.41) is 0. The quantitative estimate of drug-likeness (QED) is 0.621. The molecular formula is C20H19NO4. The zero-order chi connectivity index (χ0) is 17.8. The van der Waals surface area contributed by atoms with E-state index in [4.69, 9.17) is 9.47 Å². The minimum atomic E-state index is -0.527. The second kappa shape index (κ2) is 7.21. The minimum absolute atomic E-state index is 0.222. The molecule has 0 saturated carbocycles. The van der Waals surface area contributed by atoms with E-state index in [-0.39, 0.29) is 12.5 Å². The van der Waals surface area contributed by atoms with E-state index in [1.807, 2.05) is 36.4 Å². The molecule has 0 spiro atoms. The summed E-state index contributed by atoms with van der Waals surface area (Å²) in [7, 11) is 1.56. The van der Waals surface area contributed by atoms with Gasteiger partial charge in [-0.15, -0.1) is 0 Å². The van der Waals surface area contributed by atoms with Gasteiger partial charge < -0.3 is 14.4 Å². The monoisotopic (exact) mass is 337 g/mol. The number of carbonyl (C=O) groups is 2. The Hall–Kier alpha value is -3.08. The standard InChI is InChI=1S/C20H19NO4/c1-3-25-19(22)12-17-16-11-15(24-2)9-10-18(16)21(20(17)23)13-14-7-5-4-6-8-14/h4-12H,3,13H2,1-2H3. The highest BCUT2D eigenvalue weighted by molar-refractivity contribution is 6.34. The largest absolute Gasteiger partial charge is 0.497 e. The number of ether oxygens (including phenoxy) is 2. The maximum atomic E-state index is 12.9. The van der Waals surface area contributed by atoms with Gasteiger partial charge >= 0.3 is 5.97 Å². The lowest BCUT2D eigenvalue weighted by Gasteiger charge is -2.17. The summed E-state index contributed by atoms with van der Waals surface area (Å²) >= 11 is 0. The second-order valence-corrected chi connectivity index (χ2v) is 5.57. The van der Waals surface area contributed by atoms with E-state index < -0.39 is 5.97 Å². The molecule has 1 heterocycles. The van der Waals surface area contributed by atoms with Gasteiger partial charge in [0.2, 0.25) is 0 Å². The molecule has 0 saturated heterocycles. The molecule has 2 aromatic rings. The highest BCUT2D eigenvalue weighted by Crippen LogP contribution is 2.39. The lowest BCUT2D eigenvalue weighted by molar-refractivity contribution is -0.137. The van der Waals surface area contributed by atoms with E-state index in [1.54, 1.807) is 31.1 Å². The number of rotatable bonds is 5. The molecule has 0 unspecified atom stereocenters. The maximum absolute atomic E-state index is 12.9. The van der Waals surface area contributed by atoms with Crippen molar-refractivity contribution in [3.8, 4) is 5.75 Å².